The summed E-state index contributed by atoms with van der Waals surface area (Å²) in [7, 11) is 0. The van der Waals surface area contributed by atoms with Gasteiger partial charge >= 0.3 is 0 Å². The van der Waals surface area contributed by atoms with Gasteiger partial charge in [0, 0.05) is 28.7 Å². The highest BCUT2D eigenvalue weighted by Gasteiger charge is 2.15. The van der Waals surface area contributed by atoms with Crippen molar-refractivity contribution in [3.05, 3.63) is 94.6 Å². The minimum atomic E-state index is -0.0954. The van der Waals surface area contributed by atoms with E-state index in [1.807, 2.05) is 24.3 Å². The first-order valence-electron chi connectivity index (χ1n) is 9.49. The van der Waals surface area contributed by atoms with E-state index >= 15 is 0 Å². The molecular formula is C24H24N2O2. The molecule has 0 atom stereocenters. The SMILES string of the molecule is Cc1ccccc1Cn1c(C)c(C)c2cc(C(=O)NCc3ccco3)ccc21. The molecule has 0 aliphatic rings. The summed E-state index contributed by atoms with van der Waals surface area (Å²) >= 11 is 0. The van der Waals surface area contributed by atoms with E-state index in [0.29, 0.717) is 12.1 Å². The molecule has 4 heteroatoms. The van der Waals surface area contributed by atoms with Crippen molar-refractivity contribution >= 4 is 16.8 Å². The molecule has 1 amide bonds. The Hall–Kier alpha value is -3.27. The molecule has 4 aromatic rings. The van der Waals surface area contributed by atoms with Crippen molar-refractivity contribution in [1.82, 2.24) is 9.88 Å². The summed E-state index contributed by atoms with van der Waals surface area (Å²) < 4.78 is 7.61. The number of aryl methyl sites for hydroxylation is 2. The molecule has 2 heterocycles. The molecule has 0 saturated carbocycles. The quantitative estimate of drug-likeness (QED) is 0.527. The fraction of sp³-hybridized carbons (Fsp3) is 0.208. The Kier molecular flexibility index (Phi) is 4.78. The van der Waals surface area contributed by atoms with E-state index in [1.165, 1.54) is 22.4 Å². The molecule has 0 aliphatic heterocycles. The second kappa shape index (κ2) is 7.39. The normalized spacial score (nSPS) is 11.1. The van der Waals surface area contributed by atoms with Gasteiger partial charge in [-0.25, -0.2) is 0 Å². The van der Waals surface area contributed by atoms with Gasteiger partial charge in [-0.2, -0.15) is 0 Å². The molecule has 0 spiro atoms. The molecule has 4 nitrogen and oxygen atoms in total. The summed E-state index contributed by atoms with van der Waals surface area (Å²) in [5, 5.41) is 4.04. The minimum Gasteiger partial charge on any atom is -0.467 e. The summed E-state index contributed by atoms with van der Waals surface area (Å²) in [6.45, 7) is 7.62. The number of aromatic nitrogens is 1. The van der Waals surface area contributed by atoms with Crippen LogP contribution in [0.1, 0.15) is 38.5 Å². The number of hydrogen-bond donors (Lipinski definition) is 1. The summed E-state index contributed by atoms with van der Waals surface area (Å²) in [6, 6.07) is 18.1. The number of hydrogen-bond acceptors (Lipinski definition) is 2. The van der Waals surface area contributed by atoms with Gasteiger partial charge in [0.15, 0.2) is 0 Å². The molecule has 1 N–H and O–H groups in total. The lowest BCUT2D eigenvalue weighted by Gasteiger charge is -2.11. The molecule has 0 fully saturated rings. The van der Waals surface area contributed by atoms with Crippen LogP contribution in [0, 0.1) is 20.8 Å². The highest BCUT2D eigenvalue weighted by molar-refractivity contribution is 5.99. The topological polar surface area (TPSA) is 47.2 Å². The van der Waals surface area contributed by atoms with Crippen molar-refractivity contribution < 1.29 is 9.21 Å². The molecule has 0 radical (unpaired) electrons. The molecule has 2 aromatic heterocycles. The largest absolute Gasteiger partial charge is 0.467 e. The number of benzene rings is 2. The second-order valence-corrected chi connectivity index (χ2v) is 7.22. The molecular weight excluding hydrogens is 348 g/mol. The van der Waals surface area contributed by atoms with Crippen LogP contribution in [0.4, 0.5) is 0 Å². The van der Waals surface area contributed by atoms with E-state index in [2.05, 4.69) is 61.0 Å². The smallest absolute Gasteiger partial charge is 0.251 e. The monoisotopic (exact) mass is 372 g/mol. The highest BCUT2D eigenvalue weighted by Crippen LogP contribution is 2.27. The minimum absolute atomic E-state index is 0.0954. The summed E-state index contributed by atoms with van der Waals surface area (Å²) in [5.74, 6) is 0.646. The number of furan rings is 1. The van der Waals surface area contributed by atoms with E-state index in [1.54, 1.807) is 6.26 Å². The molecule has 0 unspecified atom stereocenters. The number of amides is 1. The van der Waals surface area contributed by atoms with Crippen LogP contribution in [0.15, 0.2) is 65.3 Å². The van der Waals surface area contributed by atoms with Crippen molar-refractivity contribution in [2.75, 3.05) is 0 Å². The molecule has 142 valence electrons. The van der Waals surface area contributed by atoms with Gasteiger partial charge in [0.1, 0.15) is 5.76 Å². The molecule has 2 aromatic carbocycles. The van der Waals surface area contributed by atoms with Gasteiger partial charge in [0.2, 0.25) is 0 Å². The van der Waals surface area contributed by atoms with E-state index in [-0.39, 0.29) is 5.91 Å². The van der Waals surface area contributed by atoms with Crippen LogP contribution in [0.2, 0.25) is 0 Å². The lowest BCUT2D eigenvalue weighted by Crippen LogP contribution is -2.22. The third kappa shape index (κ3) is 3.33. The Labute approximate surface area is 164 Å². The summed E-state index contributed by atoms with van der Waals surface area (Å²) in [5.41, 5.74) is 6.85. The Morgan fingerprint density at radius 2 is 1.86 bits per heavy atom. The third-order valence-electron chi connectivity index (χ3n) is 5.49. The van der Waals surface area contributed by atoms with Crippen LogP contribution in [-0.4, -0.2) is 10.5 Å². The van der Waals surface area contributed by atoms with Gasteiger partial charge in [0.05, 0.1) is 12.8 Å². The number of carbonyl (C=O) groups excluding carboxylic acids is 1. The maximum Gasteiger partial charge on any atom is 0.251 e. The zero-order valence-electron chi connectivity index (χ0n) is 16.5. The maximum atomic E-state index is 12.6. The molecule has 0 aliphatic carbocycles. The van der Waals surface area contributed by atoms with E-state index in [0.717, 1.165) is 23.2 Å². The predicted octanol–water partition coefficient (Wildman–Crippen LogP) is 5.14. The molecule has 28 heavy (non-hydrogen) atoms. The average Bonchev–Trinajstić information content (AvgIpc) is 3.30. The van der Waals surface area contributed by atoms with Gasteiger partial charge < -0.3 is 14.3 Å². The standard InChI is InChI=1S/C24H24N2O2/c1-16-7-4-5-8-20(16)15-26-18(3)17(2)22-13-19(10-11-23(22)26)24(27)25-14-21-9-6-12-28-21/h4-13H,14-15H2,1-3H3,(H,25,27). The number of nitrogens with one attached hydrogen (secondary N) is 1. The Balaban J connectivity index is 1.64. The predicted molar refractivity (Wildman–Crippen MR) is 112 cm³/mol. The first kappa shape index (κ1) is 18.1. The fourth-order valence-corrected chi connectivity index (χ4v) is 3.64. The lowest BCUT2D eigenvalue weighted by atomic mass is 10.1. The maximum absolute atomic E-state index is 12.6. The van der Waals surface area contributed by atoms with Crippen molar-refractivity contribution in [1.29, 1.82) is 0 Å². The highest BCUT2D eigenvalue weighted by atomic mass is 16.3. The first-order valence-corrected chi connectivity index (χ1v) is 9.49. The van der Waals surface area contributed by atoms with E-state index in [4.69, 9.17) is 4.42 Å². The Morgan fingerprint density at radius 1 is 1.04 bits per heavy atom. The fourth-order valence-electron chi connectivity index (χ4n) is 3.64. The zero-order chi connectivity index (χ0) is 19.7. The number of nitrogens with zero attached hydrogens (tertiary/aromatic N) is 1. The lowest BCUT2D eigenvalue weighted by molar-refractivity contribution is 0.0948. The van der Waals surface area contributed by atoms with Crippen LogP contribution >= 0.6 is 0 Å². The van der Waals surface area contributed by atoms with Crippen molar-refractivity contribution in [2.45, 2.75) is 33.9 Å². The zero-order valence-corrected chi connectivity index (χ0v) is 16.5. The first-order chi connectivity index (χ1) is 13.5. The van der Waals surface area contributed by atoms with Crippen LogP contribution in [0.5, 0.6) is 0 Å². The Bertz CT molecular complexity index is 1140. The van der Waals surface area contributed by atoms with Gasteiger partial charge in [-0.3, -0.25) is 4.79 Å². The van der Waals surface area contributed by atoms with Crippen molar-refractivity contribution in [2.24, 2.45) is 0 Å². The van der Waals surface area contributed by atoms with Crippen molar-refractivity contribution in [3.63, 3.8) is 0 Å². The number of fused-ring (bicyclic) bond motifs is 1. The third-order valence-corrected chi connectivity index (χ3v) is 5.49. The van der Waals surface area contributed by atoms with Gasteiger partial charge in [-0.05, 0) is 67.8 Å². The molecule has 0 bridgehead atoms. The van der Waals surface area contributed by atoms with Crippen LogP contribution in [0.3, 0.4) is 0 Å². The molecule has 0 saturated heterocycles. The van der Waals surface area contributed by atoms with Gasteiger partial charge in [-0.15, -0.1) is 0 Å². The van der Waals surface area contributed by atoms with Gasteiger partial charge in [0.25, 0.3) is 5.91 Å². The van der Waals surface area contributed by atoms with Crippen LogP contribution < -0.4 is 5.32 Å². The number of rotatable bonds is 5. The van der Waals surface area contributed by atoms with E-state index < -0.39 is 0 Å². The van der Waals surface area contributed by atoms with E-state index in [9.17, 15) is 4.79 Å². The van der Waals surface area contributed by atoms with Gasteiger partial charge in [-0.1, -0.05) is 24.3 Å². The number of carbonyl (C=O) groups is 1. The Morgan fingerprint density at radius 3 is 2.61 bits per heavy atom. The summed E-state index contributed by atoms with van der Waals surface area (Å²) in [4.78, 5) is 12.6. The van der Waals surface area contributed by atoms with Crippen molar-refractivity contribution in [3.8, 4) is 0 Å². The molecule has 4 rings (SSSR count). The van der Waals surface area contributed by atoms with Crippen LogP contribution in [0.25, 0.3) is 10.9 Å². The van der Waals surface area contributed by atoms with Crippen LogP contribution in [-0.2, 0) is 13.1 Å². The summed E-state index contributed by atoms with van der Waals surface area (Å²) in [6.07, 6.45) is 1.61. The average molecular weight is 372 g/mol. The second-order valence-electron chi connectivity index (χ2n) is 7.22.